The Morgan fingerprint density at radius 3 is 2.56 bits per heavy atom. The highest BCUT2D eigenvalue weighted by atomic mass is 32.2. The van der Waals surface area contributed by atoms with E-state index in [1.807, 2.05) is 13.0 Å². The molecule has 4 rings (SSSR count). The van der Waals surface area contributed by atoms with Gasteiger partial charge in [-0.05, 0) is 67.6 Å². The first kappa shape index (κ1) is 22.3. The highest BCUT2D eigenvalue weighted by Crippen LogP contribution is 2.33. The van der Waals surface area contributed by atoms with Crippen molar-refractivity contribution in [2.45, 2.75) is 50.0 Å². The molecule has 2 heterocycles. The second kappa shape index (κ2) is 9.30. The molecule has 2 aliphatic rings. The van der Waals surface area contributed by atoms with Gasteiger partial charge in [-0.25, -0.2) is 8.42 Å². The van der Waals surface area contributed by atoms with Crippen LogP contribution in [0.2, 0.25) is 0 Å². The van der Waals surface area contributed by atoms with Gasteiger partial charge in [0, 0.05) is 30.9 Å². The molecule has 1 atom stereocenters. The Kier molecular flexibility index (Phi) is 6.48. The molecule has 8 nitrogen and oxygen atoms in total. The topological polar surface area (TPSA) is 105 Å². The first-order valence-corrected chi connectivity index (χ1v) is 12.3. The molecule has 1 unspecified atom stereocenters. The maximum Gasteiger partial charge on any atom is 0.261 e. The van der Waals surface area contributed by atoms with Gasteiger partial charge in [0.05, 0.1) is 10.6 Å². The van der Waals surface area contributed by atoms with Crippen molar-refractivity contribution in [2.75, 3.05) is 28.1 Å². The van der Waals surface area contributed by atoms with Crippen molar-refractivity contribution >= 4 is 38.9 Å². The van der Waals surface area contributed by atoms with Crippen molar-refractivity contribution in [2.24, 2.45) is 0 Å². The number of ether oxygens (including phenoxy) is 1. The third-order valence-electron chi connectivity index (χ3n) is 5.63. The third kappa shape index (κ3) is 4.78. The van der Waals surface area contributed by atoms with E-state index in [0.29, 0.717) is 37.4 Å². The molecule has 0 aromatic heterocycles. The number of benzene rings is 2. The molecule has 2 aromatic rings. The number of rotatable bonds is 7. The van der Waals surface area contributed by atoms with Crippen LogP contribution in [0.25, 0.3) is 0 Å². The highest BCUT2D eigenvalue weighted by Gasteiger charge is 2.33. The van der Waals surface area contributed by atoms with Crippen molar-refractivity contribution in [3.63, 3.8) is 0 Å². The largest absolute Gasteiger partial charge is 0.368 e. The molecule has 9 heteroatoms. The summed E-state index contributed by atoms with van der Waals surface area (Å²) < 4.78 is 33.8. The van der Waals surface area contributed by atoms with Crippen molar-refractivity contribution in [3.8, 4) is 0 Å². The molecule has 2 N–H and O–H groups in total. The normalized spacial score (nSPS) is 17.8. The number of nitrogens with zero attached hydrogens (tertiary/aromatic N) is 1. The molecule has 1 saturated heterocycles. The van der Waals surface area contributed by atoms with E-state index >= 15 is 0 Å². The van der Waals surface area contributed by atoms with E-state index < -0.39 is 16.1 Å². The fourth-order valence-electron chi connectivity index (χ4n) is 4.00. The highest BCUT2D eigenvalue weighted by molar-refractivity contribution is 7.92. The van der Waals surface area contributed by atoms with E-state index in [0.717, 1.165) is 30.5 Å². The maximum atomic E-state index is 12.9. The molecule has 0 aliphatic carbocycles. The van der Waals surface area contributed by atoms with Crippen LogP contribution in [0.1, 0.15) is 38.2 Å². The number of hydrogen-bond acceptors (Lipinski definition) is 5. The zero-order valence-electron chi connectivity index (χ0n) is 18.0. The minimum absolute atomic E-state index is 0.0676. The van der Waals surface area contributed by atoms with Crippen LogP contribution in [0, 0.1) is 0 Å². The molecule has 2 amide bonds. The quantitative estimate of drug-likeness (QED) is 0.664. The van der Waals surface area contributed by atoms with Crippen LogP contribution >= 0.6 is 0 Å². The van der Waals surface area contributed by atoms with Crippen LogP contribution in [0.4, 0.5) is 17.1 Å². The summed E-state index contributed by atoms with van der Waals surface area (Å²) >= 11 is 0. The summed E-state index contributed by atoms with van der Waals surface area (Å²) in [4.78, 5) is 26.3. The number of carbonyl (C=O) groups excluding carboxylic acids is 2. The number of anilines is 3. The predicted octanol–water partition coefficient (Wildman–Crippen LogP) is 3.29. The van der Waals surface area contributed by atoms with E-state index in [4.69, 9.17) is 4.74 Å². The number of sulfonamides is 1. The molecule has 2 aromatic carbocycles. The summed E-state index contributed by atoms with van der Waals surface area (Å²) in [6.45, 7) is 3.07. The lowest BCUT2D eigenvalue weighted by molar-refractivity contribution is -0.127. The Labute approximate surface area is 188 Å². The number of nitrogens with one attached hydrogen (secondary N) is 2. The number of amides is 2. The minimum Gasteiger partial charge on any atom is -0.368 e. The number of hydrogen-bond donors (Lipinski definition) is 2. The summed E-state index contributed by atoms with van der Waals surface area (Å²) in [6, 6.07) is 11.3. The lowest BCUT2D eigenvalue weighted by Crippen LogP contribution is -2.37. The van der Waals surface area contributed by atoms with Crippen molar-refractivity contribution < 1.29 is 22.7 Å². The SMILES string of the molecule is CCCC(=O)Nc1ccc(S(=O)(=O)Nc2ccc3c(c2)N(C(=O)C2CCCO2)CC3)cc1. The zero-order valence-corrected chi connectivity index (χ0v) is 18.8. The van der Waals surface area contributed by atoms with Crippen molar-refractivity contribution in [1.82, 2.24) is 0 Å². The first-order valence-electron chi connectivity index (χ1n) is 10.9. The van der Waals surface area contributed by atoms with Gasteiger partial charge in [-0.15, -0.1) is 0 Å². The van der Waals surface area contributed by atoms with Crippen LogP contribution in [0.15, 0.2) is 47.4 Å². The standard InChI is InChI=1S/C23H27N3O5S/c1-2-4-22(27)24-17-8-10-19(11-9-17)32(29,30)25-18-7-6-16-12-13-26(20(16)15-18)23(28)21-5-3-14-31-21/h6-11,15,21,25H,2-5,12-14H2,1H3,(H,24,27). The van der Waals surface area contributed by atoms with Crippen LogP contribution in [0.5, 0.6) is 0 Å². The fourth-order valence-corrected chi connectivity index (χ4v) is 5.05. The van der Waals surface area contributed by atoms with Gasteiger partial charge in [0.2, 0.25) is 5.91 Å². The van der Waals surface area contributed by atoms with E-state index in [2.05, 4.69) is 10.0 Å². The van der Waals surface area contributed by atoms with Crippen LogP contribution < -0.4 is 14.9 Å². The van der Waals surface area contributed by atoms with E-state index in [1.165, 1.54) is 12.1 Å². The molecule has 0 spiro atoms. The minimum atomic E-state index is -3.83. The monoisotopic (exact) mass is 457 g/mol. The average molecular weight is 458 g/mol. The Balaban J connectivity index is 1.48. The van der Waals surface area contributed by atoms with Gasteiger partial charge in [-0.1, -0.05) is 13.0 Å². The molecular formula is C23H27N3O5S. The van der Waals surface area contributed by atoms with E-state index in [9.17, 15) is 18.0 Å². The lowest BCUT2D eigenvalue weighted by Gasteiger charge is -2.21. The fraction of sp³-hybridized carbons (Fsp3) is 0.391. The van der Waals surface area contributed by atoms with Gasteiger partial charge in [0.1, 0.15) is 6.10 Å². The number of carbonyl (C=O) groups is 2. The molecule has 32 heavy (non-hydrogen) atoms. The van der Waals surface area contributed by atoms with E-state index in [-0.39, 0.29) is 16.7 Å². The molecule has 0 radical (unpaired) electrons. The molecule has 2 aliphatic heterocycles. The van der Waals surface area contributed by atoms with Gasteiger partial charge in [0.15, 0.2) is 0 Å². The molecule has 1 fully saturated rings. The molecular weight excluding hydrogens is 430 g/mol. The van der Waals surface area contributed by atoms with Gasteiger partial charge in [0.25, 0.3) is 15.9 Å². The Bertz CT molecular complexity index is 1110. The predicted molar refractivity (Wildman–Crippen MR) is 122 cm³/mol. The molecule has 0 bridgehead atoms. The van der Waals surface area contributed by atoms with E-state index in [1.54, 1.807) is 29.2 Å². The zero-order chi connectivity index (χ0) is 22.7. The Morgan fingerprint density at radius 2 is 1.88 bits per heavy atom. The smallest absolute Gasteiger partial charge is 0.261 e. The molecule has 170 valence electrons. The summed E-state index contributed by atoms with van der Waals surface area (Å²) in [7, 11) is -3.83. The van der Waals surface area contributed by atoms with Crippen molar-refractivity contribution in [1.29, 1.82) is 0 Å². The average Bonchev–Trinajstić information content (AvgIpc) is 3.44. The summed E-state index contributed by atoms with van der Waals surface area (Å²) in [5.74, 6) is -0.177. The summed E-state index contributed by atoms with van der Waals surface area (Å²) in [5.41, 5.74) is 2.66. The van der Waals surface area contributed by atoms with Crippen LogP contribution in [-0.2, 0) is 30.8 Å². The van der Waals surface area contributed by atoms with Crippen LogP contribution in [-0.4, -0.2) is 39.5 Å². The number of fused-ring (bicyclic) bond motifs is 1. The van der Waals surface area contributed by atoms with Gasteiger partial charge in [-0.2, -0.15) is 0 Å². The second-order valence-electron chi connectivity index (χ2n) is 8.01. The van der Waals surface area contributed by atoms with Crippen LogP contribution in [0.3, 0.4) is 0 Å². The lowest BCUT2D eigenvalue weighted by atomic mass is 10.1. The Morgan fingerprint density at radius 1 is 1.12 bits per heavy atom. The van der Waals surface area contributed by atoms with Gasteiger partial charge in [-0.3, -0.25) is 14.3 Å². The summed E-state index contributed by atoms with van der Waals surface area (Å²) in [5, 5.41) is 2.74. The first-order chi connectivity index (χ1) is 15.4. The van der Waals surface area contributed by atoms with Gasteiger partial charge < -0.3 is 15.0 Å². The third-order valence-corrected chi connectivity index (χ3v) is 7.03. The second-order valence-corrected chi connectivity index (χ2v) is 9.70. The van der Waals surface area contributed by atoms with Gasteiger partial charge >= 0.3 is 0 Å². The molecule has 0 saturated carbocycles. The van der Waals surface area contributed by atoms with Crippen molar-refractivity contribution in [3.05, 3.63) is 48.0 Å². The summed E-state index contributed by atoms with van der Waals surface area (Å²) in [6.07, 6.45) is 3.04. The maximum absolute atomic E-state index is 12.9. The Hall–Kier alpha value is -2.91.